The number of para-hydroxylation sites is 1. The van der Waals surface area contributed by atoms with Crippen LogP contribution in [0.5, 0.6) is 0 Å². The zero-order valence-corrected chi connectivity index (χ0v) is 15.4. The van der Waals surface area contributed by atoms with E-state index in [9.17, 15) is 14.4 Å². The summed E-state index contributed by atoms with van der Waals surface area (Å²) < 4.78 is 5.38. The van der Waals surface area contributed by atoms with Crippen molar-refractivity contribution in [2.24, 2.45) is 0 Å². The average Bonchev–Trinajstić information content (AvgIpc) is 3.25. The molecule has 2 N–H and O–H groups in total. The van der Waals surface area contributed by atoms with Crippen molar-refractivity contribution in [3.8, 4) is 0 Å². The van der Waals surface area contributed by atoms with E-state index in [2.05, 4.69) is 10.6 Å². The van der Waals surface area contributed by atoms with Crippen molar-refractivity contribution >= 4 is 23.4 Å². The SMILES string of the molecule is CN1C(=O)[C@H](NC(=O)C(=O)NC[C@H](c2ccco2)N(C)C)c2ccccc21. The molecule has 1 aliphatic rings. The monoisotopic (exact) mass is 370 g/mol. The van der Waals surface area contributed by atoms with E-state index in [-0.39, 0.29) is 18.5 Å². The molecule has 0 saturated carbocycles. The molecule has 0 unspecified atom stereocenters. The van der Waals surface area contributed by atoms with Crippen LogP contribution in [0, 0.1) is 0 Å². The smallest absolute Gasteiger partial charge is 0.310 e. The highest BCUT2D eigenvalue weighted by atomic mass is 16.3. The second kappa shape index (κ2) is 7.63. The fourth-order valence-corrected chi connectivity index (χ4v) is 3.11. The second-order valence-electron chi connectivity index (χ2n) is 6.57. The molecule has 142 valence electrons. The molecule has 3 amide bonds. The fourth-order valence-electron chi connectivity index (χ4n) is 3.11. The Labute approximate surface area is 157 Å². The average molecular weight is 370 g/mol. The van der Waals surface area contributed by atoms with Crippen LogP contribution in [0.25, 0.3) is 0 Å². The molecule has 0 spiro atoms. The maximum absolute atomic E-state index is 12.4. The minimum atomic E-state index is -0.862. The first-order valence-electron chi connectivity index (χ1n) is 8.55. The maximum atomic E-state index is 12.4. The van der Waals surface area contributed by atoms with E-state index in [4.69, 9.17) is 4.42 Å². The second-order valence-corrected chi connectivity index (χ2v) is 6.57. The Bertz CT molecular complexity index is 847. The van der Waals surface area contributed by atoms with Crippen molar-refractivity contribution in [1.29, 1.82) is 0 Å². The van der Waals surface area contributed by atoms with Crippen LogP contribution in [-0.2, 0) is 14.4 Å². The van der Waals surface area contributed by atoms with Gasteiger partial charge in [-0.3, -0.25) is 19.3 Å². The van der Waals surface area contributed by atoms with Crippen molar-refractivity contribution in [3.05, 3.63) is 54.0 Å². The highest BCUT2D eigenvalue weighted by molar-refractivity contribution is 6.35. The minimum Gasteiger partial charge on any atom is -0.468 e. The van der Waals surface area contributed by atoms with Crippen molar-refractivity contribution < 1.29 is 18.8 Å². The summed E-state index contributed by atoms with van der Waals surface area (Å²) in [5, 5.41) is 5.12. The third-order valence-electron chi connectivity index (χ3n) is 4.62. The molecule has 2 atom stereocenters. The minimum absolute atomic E-state index is 0.196. The Morgan fingerprint density at radius 2 is 1.93 bits per heavy atom. The number of fused-ring (bicyclic) bond motifs is 1. The standard InChI is InChI=1S/C19H22N4O4/c1-22(2)14(15-9-6-10-27-15)11-20-17(24)18(25)21-16-12-7-4-5-8-13(12)23(3)19(16)26/h4-10,14,16H,11H2,1-3H3,(H,20,24)(H,21,25)/t14-,16-/m1/s1. The number of nitrogens with zero attached hydrogens (tertiary/aromatic N) is 2. The lowest BCUT2D eigenvalue weighted by molar-refractivity contribution is -0.140. The number of carbonyl (C=O) groups is 3. The van der Waals surface area contributed by atoms with Crippen molar-refractivity contribution in [2.75, 3.05) is 32.6 Å². The number of rotatable bonds is 5. The molecule has 1 aliphatic heterocycles. The van der Waals surface area contributed by atoms with E-state index >= 15 is 0 Å². The van der Waals surface area contributed by atoms with E-state index in [1.807, 2.05) is 25.1 Å². The molecule has 0 bridgehead atoms. The lowest BCUT2D eigenvalue weighted by Crippen LogP contribution is -2.45. The molecule has 0 saturated heterocycles. The maximum Gasteiger partial charge on any atom is 0.310 e. The van der Waals surface area contributed by atoms with Crippen LogP contribution < -0.4 is 15.5 Å². The summed E-state index contributed by atoms with van der Waals surface area (Å²) in [4.78, 5) is 40.3. The van der Waals surface area contributed by atoms with Gasteiger partial charge >= 0.3 is 11.8 Å². The van der Waals surface area contributed by atoms with Crippen LogP contribution in [0.15, 0.2) is 47.1 Å². The number of carbonyl (C=O) groups excluding carboxylic acids is 3. The number of amides is 3. The summed E-state index contributed by atoms with van der Waals surface area (Å²) in [5.41, 5.74) is 1.40. The molecule has 1 aromatic heterocycles. The first-order valence-corrected chi connectivity index (χ1v) is 8.55. The van der Waals surface area contributed by atoms with Crippen molar-refractivity contribution in [2.45, 2.75) is 12.1 Å². The summed E-state index contributed by atoms with van der Waals surface area (Å²) in [7, 11) is 5.34. The molecule has 0 aliphatic carbocycles. The molecule has 0 fully saturated rings. The fraction of sp³-hybridized carbons (Fsp3) is 0.316. The van der Waals surface area contributed by atoms with Gasteiger partial charge in [0.1, 0.15) is 11.8 Å². The first-order chi connectivity index (χ1) is 12.9. The van der Waals surface area contributed by atoms with Gasteiger partial charge in [-0.25, -0.2) is 0 Å². The number of anilines is 1. The van der Waals surface area contributed by atoms with Crippen LogP contribution in [0.3, 0.4) is 0 Å². The van der Waals surface area contributed by atoms with Crippen LogP contribution in [0.2, 0.25) is 0 Å². The Hall–Kier alpha value is -3.13. The number of furan rings is 1. The molecular formula is C19H22N4O4. The number of benzene rings is 1. The van der Waals surface area contributed by atoms with Crippen molar-refractivity contribution in [3.63, 3.8) is 0 Å². The van der Waals surface area contributed by atoms with E-state index in [1.165, 1.54) is 4.90 Å². The number of hydrogen-bond acceptors (Lipinski definition) is 5. The Morgan fingerprint density at radius 1 is 1.19 bits per heavy atom. The van der Waals surface area contributed by atoms with Gasteiger partial charge in [0.25, 0.3) is 5.91 Å². The van der Waals surface area contributed by atoms with Gasteiger partial charge in [-0.15, -0.1) is 0 Å². The van der Waals surface area contributed by atoms with Gasteiger partial charge in [0.05, 0.1) is 12.3 Å². The summed E-state index contributed by atoms with van der Waals surface area (Å²) in [6, 6.07) is 9.66. The molecule has 8 heteroatoms. The molecule has 2 aromatic rings. The van der Waals surface area contributed by atoms with E-state index < -0.39 is 17.9 Å². The largest absolute Gasteiger partial charge is 0.468 e. The Morgan fingerprint density at radius 3 is 2.59 bits per heavy atom. The third kappa shape index (κ3) is 3.70. The van der Waals surface area contributed by atoms with Gasteiger partial charge in [-0.05, 0) is 32.3 Å². The summed E-state index contributed by atoms with van der Waals surface area (Å²) in [6.45, 7) is 0.196. The summed E-state index contributed by atoms with van der Waals surface area (Å²) in [5.74, 6) is -1.25. The Balaban J connectivity index is 1.63. The van der Waals surface area contributed by atoms with Crippen molar-refractivity contribution in [1.82, 2.24) is 15.5 Å². The lowest BCUT2D eigenvalue weighted by atomic mass is 10.1. The quantitative estimate of drug-likeness (QED) is 0.761. The molecule has 0 radical (unpaired) electrons. The van der Waals surface area contributed by atoms with Gasteiger partial charge in [0.2, 0.25) is 0 Å². The predicted molar refractivity (Wildman–Crippen MR) is 98.9 cm³/mol. The molecule has 8 nitrogen and oxygen atoms in total. The van der Waals surface area contributed by atoms with Crippen LogP contribution >= 0.6 is 0 Å². The van der Waals surface area contributed by atoms with Gasteiger partial charge in [-0.2, -0.15) is 0 Å². The zero-order chi connectivity index (χ0) is 19.6. The van der Waals surface area contributed by atoms with E-state index in [0.29, 0.717) is 11.3 Å². The van der Waals surface area contributed by atoms with Gasteiger partial charge in [0, 0.05) is 24.8 Å². The number of nitrogens with one attached hydrogen (secondary N) is 2. The third-order valence-corrected chi connectivity index (χ3v) is 4.62. The molecule has 1 aromatic carbocycles. The van der Waals surface area contributed by atoms with Gasteiger partial charge in [-0.1, -0.05) is 18.2 Å². The normalized spacial score (nSPS) is 17.0. The predicted octanol–water partition coefficient (Wildman–Crippen LogP) is 0.832. The molecule has 3 rings (SSSR count). The topological polar surface area (TPSA) is 94.9 Å². The highest BCUT2D eigenvalue weighted by Crippen LogP contribution is 2.34. The van der Waals surface area contributed by atoms with Crippen LogP contribution in [-0.4, -0.2) is 50.3 Å². The van der Waals surface area contributed by atoms with Crippen LogP contribution in [0.1, 0.15) is 23.4 Å². The molecular weight excluding hydrogens is 348 g/mol. The summed E-state index contributed by atoms with van der Waals surface area (Å²) >= 11 is 0. The van der Waals surface area contributed by atoms with Crippen LogP contribution in [0.4, 0.5) is 5.69 Å². The lowest BCUT2D eigenvalue weighted by Gasteiger charge is -2.22. The Kier molecular flexibility index (Phi) is 5.27. The highest BCUT2D eigenvalue weighted by Gasteiger charge is 2.37. The first kappa shape index (κ1) is 18.7. The zero-order valence-electron chi connectivity index (χ0n) is 15.4. The van der Waals surface area contributed by atoms with E-state index in [0.717, 1.165) is 5.69 Å². The number of hydrogen-bond donors (Lipinski definition) is 2. The summed E-state index contributed by atoms with van der Waals surface area (Å²) in [6.07, 6.45) is 1.56. The van der Waals surface area contributed by atoms with Gasteiger partial charge in [0.15, 0.2) is 0 Å². The number of likely N-dealkylation sites (N-methyl/N-ethyl adjacent to an activating group) is 2. The van der Waals surface area contributed by atoms with E-state index in [1.54, 1.807) is 43.6 Å². The van der Waals surface area contributed by atoms with Gasteiger partial charge < -0.3 is 20.0 Å². The molecule has 2 heterocycles. The molecule has 27 heavy (non-hydrogen) atoms.